The molecule has 16 heteroatoms. The molecule has 5 rings (SSSR count). The lowest BCUT2D eigenvalue weighted by Gasteiger charge is -2.33. The Balaban J connectivity index is 1.44. The molecule has 3 aliphatic rings. The second-order valence-corrected chi connectivity index (χ2v) is 13.4. The minimum Gasteiger partial charge on any atom is -0.391 e. The Hall–Kier alpha value is -4.60. The number of imidazole rings is 1. The summed E-state index contributed by atoms with van der Waals surface area (Å²) >= 11 is 0. The Labute approximate surface area is 276 Å². The first-order valence-corrected chi connectivity index (χ1v) is 16.3. The van der Waals surface area contributed by atoms with Gasteiger partial charge in [-0.2, -0.15) is 4.39 Å². The maximum atomic E-state index is 15.2. The summed E-state index contributed by atoms with van der Waals surface area (Å²) in [6.07, 6.45) is 1.66. The van der Waals surface area contributed by atoms with Crippen LogP contribution in [0.15, 0.2) is 18.3 Å². The first-order valence-electron chi connectivity index (χ1n) is 16.3. The van der Waals surface area contributed by atoms with Gasteiger partial charge in [0.2, 0.25) is 35.5 Å². The summed E-state index contributed by atoms with van der Waals surface area (Å²) < 4.78 is 16.3. The SMILES string of the molecule is Cc1ccc2nc(C(=O)N[C@H]3C[C@H]4C(=O)N[C@@H](C)C(=O)N[C@H]5CCC[C@@H]5C(=O)N[C@H](C(C)C)C(=O)N[C@@H]([C@@H](C)O)C(=O)N4C3)c(F)n2c1. The van der Waals surface area contributed by atoms with E-state index in [1.807, 2.05) is 0 Å². The summed E-state index contributed by atoms with van der Waals surface area (Å²) in [5.41, 5.74) is 0.498. The topological polar surface area (TPSA) is 203 Å². The largest absolute Gasteiger partial charge is 0.391 e. The number of aliphatic hydroxyl groups excluding tert-OH is 1. The van der Waals surface area contributed by atoms with Gasteiger partial charge < -0.3 is 36.6 Å². The van der Waals surface area contributed by atoms with E-state index in [2.05, 4.69) is 31.6 Å². The summed E-state index contributed by atoms with van der Waals surface area (Å²) in [7, 11) is 0. The summed E-state index contributed by atoms with van der Waals surface area (Å²) in [5.74, 6) is -5.94. The number of nitrogens with zero attached hydrogens (tertiary/aromatic N) is 3. The van der Waals surface area contributed by atoms with Crippen LogP contribution in [0, 0.1) is 24.7 Å². The van der Waals surface area contributed by atoms with Crippen molar-refractivity contribution in [3.05, 3.63) is 35.5 Å². The second-order valence-electron chi connectivity index (χ2n) is 13.4. The number of pyridine rings is 1. The normalized spacial score (nSPS) is 29.5. The number of aryl methyl sites for hydroxylation is 1. The van der Waals surface area contributed by atoms with Gasteiger partial charge in [-0.3, -0.25) is 33.2 Å². The first-order chi connectivity index (χ1) is 22.7. The summed E-state index contributed by atoms with van der Waals surface area (Å²) in [5, 5.41) is 24.1. The highest BCUT2D eigenvalue weighted by Gasteiger charge is 2.45. The molecule has 0 radical (unpaired) electrons. The van der Waals surface area contributed by atoms with Crippen molar-refractivity contribution >= 4 is 41.1 Å². The molecule has 0 spiro atoms. The van der Waals surface area contributed by atoms with Crippen LogP contribution >= 0.6 is 0 Å². The molecular weight excluding hydrogens is 627 g/mol. The lowest BCUT2D eigenvalue weighted by atomic mass is 9.98. The molecular formula is C32H43FN8O7. The van der Waals surface area contributed by atoms with Crippen LogP contribution in [0.25, 0.3) is 5.65 Å². The summed E-state index contributed by atoms with van der Waals surface area (Å²) in [6, 6.07) is -2.95. The number of aromatic nitrogens is 2. The quantitative estimate of drug-likeness (QED) is 0.245. The molecule has 48 heavy (non-hydrogen) atoms. The van der Waals surface area contributed by atoms with Gasteiger partial charge in [-0.05, 0) is 57.6 Å². The molecule has 3 fully saturated rings. The predicted molar refractivity (Wildman–Crippen MR) is 169 cm³/mol. The van der Waals surface area contributed by atoms with Gasteiger partial charge in [0.1, 0.15) is 29.8 Å². The smallest absolute Gasteiger partial charge is 0.274 e. The van der Waals surface area contributed by atoms with E-state index in [-0.39, 0.29) is 18.6 Å². The van der Waals surface area contributed by atoms with Gasteiger partial charge >= 0.3 is 0 Å². The summed E-state index contributed by atoms with van der Waals surface area (Å²) in [6.45, 7) is 7.75. The highest BCUT2D eigenvalue weighted by atomic mass is 19.1. The van der Waals surface area contributed by atoms with E-state index in [1.165, 1.54) is 20.0 Å². The average Bonchev–Trinajstić information content (AvgIpc) is 3.75. The molecule has 4 heterocycles. The number of amides is 6. The number of nitrogens with one attached hydrogen (secondary N) is 5. The first kappa shape index (κ1) is 34.7. The number of rotatable bonds is 4. The highest BCUT2D eigenvalue weighted by Crippen LogP contribution is 2.27. The molecule has 2 aliphatic heterocycles. The standard InChI is InChI=1S/C32H43FN8O7/c1-14(2)23-30(46)39-24(17(5)42)32(48)40-13-18(35-31(47)25-26(33)41-12-15(3)9-10-22(41)37-25)11-21(40)29(45)34-16(4)27(43)36-20-8-6-7-19(20)28(44)38-23/h9-10,12,14,16-21,23-24,42H,6-8,11,13H2,1-5H3,(H,34,45)(H,35,47)(H,36,43)(H,38,44)(H,39,46)/t16-,17+,18-,19-,20-,21-,23+,24-/m0/s1. The van der Waals surface area contributed by atoms with Gasteiger partial charge in [0, 0.05) is 24.8 Å². The van der Waals surface area contributed by atoms with Crippen molar-refractivity contribution in [2.24, 2.45) is 11.8 Å². The van der Waals surface area contributed by atoms with Gasteiger partial charge in [-0.25, -0.2) is 4.98 Å². The minimum absolute atomic E-state index is 0.110. The van der Waals surface area contributed by atoms with Crippen LogP contribution in [0.3, 0.4) is 0 Å². The fourth-order valence-electron chi connectivity index (χ4n) is 6.69. The average molecular weight is 671 g/mol. The van der Waals surface area contributed by atoms with E-state index in [0.29, 0.717) is 19.3 Å². The molecule has 15 nitrogen and oxygen atoms in total. The van der Waals surface area contributed by atoms with Crippen molar-refractivity contribution in [2.75, 3.05) is 6.54 Å². The van der Waals surface area contributed by atoms with Crippen LogP contribution in [0.4, 0.5) is 4.39 Å². The van der Waals surface area contributed by atoms with Crippen molar-refractivity contribution in [3.63, 3.8) is 0 Å². The molecule has 0 unspecified atom stereocenters. The molecule has 8 atom stereocenters. The molecule has 1 aliphatic carbocycles. The van der Waals surface area contributed by atoms with Gasteiger partial charge in [0.15, 0.2) is 5.69 Å². The molecule has 2 aromatic rings. The highest BCUT2D eigenvalue weighted by molar-refractivity contribution is 5.97. The molecule has 260 valence electrons. The van der Waals surface area contributed by atoms with Gasteiger partial charge in [0.05, 0.1) is 12.0 Å². The zero-order valence-corrected chi connectivity index (χ0v) is 27.6. The maximum absolute atomic E-state index is 15.2. The van der Waals surface area contributed by atoms with Crippen molar-refractivity contribution in [3.8, 4) is 0 Å². The number of hydrogen-bond acceptors (Lipinski definition) is 8. The third-order valence-corrected chi connectivity index (χ3v) is 9.37. The molecule has 6 N–H and O–H groups in total. The van der Waals surface area contributed by atoms with E-state index in [1.54, 1.807) is 32.9 Å². The number of aliphatic hydroxyl groups is 1. The van der Waals surface area contributed by atoms with Crippen molar-refractivity contribution in [1.29, 1.82) is 0 Å². The van der Waals surface area contributed by atoms with Gasteiger partial charge in [-0.15, -0.1) is 0 Å². The number of carbonyl (C=O) groups excluding carboxylic acids is 6. The molecule has 2 aromatic heterocycles. The zero-order valence-electron chi connectivity index (χ0n) is 27.6. The zero-order chi connectivity index (χ0) is 35.0. The Morgan fingerprint density at radius 1 is 0.979 bits per heavy atom. The van der Waals surface area contributed by atoms with Crippen LogP contribution in [-0.2, 0) is 24.0 Å². The fraction of sp³-hybridized carbons (Fsp3) is 0.594. The van der Waals surface area contributed by atoms with E-state index in [9.17, 15) is 33.9 Å². The molecule has 2 saturated heterocycles. The van der Waals surface area contributed by atoms with E-state index in [0.717, 1.165) is 14.9 Å². The third kappa shape index (κ3) is 6.98. The molecule has 6 amide bonds. The number of fused-ring (bicyclic) bond motifs is 3. The van der Waals surface area contributed by atoms with Crippen LogP contribution in [0.2, 0.25) is 0 Å². The lowest BCUT2D eigenvalue weighted by molar-refractivity contribution is -0.145. The Morgan fingerprint density at radius 3 is 2.38 bits per heavy atom. The Bertz CT molecular complexity index is 1630. The second kappa shape index (κ2) is 13.9. The minimum atomic E-state index is -1.52. The van der Waals surface area contributed by atoms with Crippen molar-refractivity contribution in [2.45, 2.75) is 103 Å². The number of carbonyl (C=O) groups is 6. The van der Waals surface area contributed by atoms with Crippen LogP contribution in [0.1, 0.15) is 69.4 Å². The van der Waals surface area contributed by atoms with Crippen LogP contribution < -0.4 is 26.6 Å². The van der Waals surface area contributed by atoms with Crippen LogP contribution in [-0.4, -0.2) is 104 Å². The van der Waals surface area contributed by atoms with Crippen LogP contribution in [0.5, 0.6) is 0 Å². The molecule has 0 aromatic carbocycles. The van der Waals surface area contributed by atoms with Gasteiger partial charge in [-0.1, -0.05) is 26.3 Å². The molecule has 1 saturated carbocycles. The lowest BCUT2D eigenvalue weighted by Crippen LogP contribution is -2.62. The van der Waals surface area contributed by atoms with Crippen molar-refractivity contribution < 1.29 is 38.3 Å². The van der Waals surface area contributed by atoms with E-state index in [4.69, 9.17) is 0 Å². The number of hydrogen-bond donors (Lipinski definition) is 6. The molecule has 0 bridgehead atoms. The van der Waals surface area contributed by atoms with Crippen molar-refractivity contribution in [1.82, 2.24) is 40.9 Å². The van der Waals surface area contributed by atoms with E-state index < -0.39 is 101 Å². The monoisotopic (exact) mass is 670 g/mol. The van der Waals surface area contributed by atoms with Gasteiger partial charge in [0.25, 0.3) is 5.91 Å². The fourth-order valence-corrected chi connectivity index (χ4v) is 6.69. The third-order valence-electron chi connectivity index (χ3n) is 9.37. The summed E-state index contributed by atoms with van der Waals surface area (Å²) in [4.78, 5) is 86.2. The number of halogens is 1. The Kier molecular flexibility index (Phi) is 10.0. The Morgan fingerprint density at radius 2 is 1.69 bits per heavy atom. The predicted octanol–water partition coefficient (Wildman–Crippen LogP) is -0.709. The maximum Gasteiger partial charge on any atom is 0.274 e. The van der Waals surface area contributed by atoms with E-state index >= 15 is 4.39 Å².